The monoisotopic (exact) mass is 283 g/mol. The number of nitrogen functional groups attached to an aromatic ring is 1. The fourth-order valence-electron chi connectivity index (χ4n) is 1.89. The molecule has 1 rings (SSSR count). The van der Waals surface area contributed by atoms with Gasteiger partial charge in [0.05, 0.1) is 11.4 Å². The molecule has 0 spiro atoms. The van der Waals surface area contributed by atoms with Crippen LogP contribution in [0.4, 0.5) is 11.4 Å². The van der Waals surface area contributed by atoms with Crippen molar-refractivity contribution in [2.75, 3.05) is 24.1 Å². The van der Waals surface area contributed by atoms with Gasteiger partial charge in [0, 0.05) is 24.0 Å². The predicted octanol–water partition coefficient (Wildman–Crippen LogP) is 2.98. The van der Waals surface area contributed by atoms with E-state index in [0.717, 1.165) is 13.1 Å². The Labute approximate surface area is 119 Å². The number of anilines is 2. The van der Waals surface area contributed by atoms with Crippen LogP contribution in [0, 0.1) is 0 Å². The first kappa shape index (κ1) is 15.8. The lowest BCUT2D eigenvalue weighted by molar-refractivity contribution is -0.116. The average molecular weight is 284 g/mol. The Hall–Kier alpha value is -1.26. The van der Waals surface area contributed by atoms with Gasteiger partial charge < -0.3 is 16.0 Å². The molecule has 0 aliphatic heterocycles. The molecular weight excluding hydrogens is 262 g/mol. The first-order chi connectivity index (χ1) is 8.93. The summed E-state index contributed by atoms with van der Waals surface area (Å²) in [5.74, 6) is -0.0341. The lowest BCUT2D eigenvalue weighted by atomic mass is 10.2. The van der Waals surface area contributed by atoms with Crippen LogP contribution in [0.5, 0.6) is 0 Å². The van der Waals surface area contributed by atoms with Crippen molar-refractivity contribution in [2.24, 2.45) is 0 Å². The smallest absolute Gasteiger partial charge is 0.225 e. The van der Waals surface area contributed by atoms with Crippen molar-refractivity contribution in [3.63, 3.8) is 0 Å². The molecule has 4 nitrogen and oxygen atoms in total. The van der Waals surface area contributed by atoms with Gasteiger partial charge in [-0.25, -0.2) is 0 Å². The summed E-state index contributed by atoms with van der Waals surface area (Å²) in [6, 6.07) is 5.50. The van der Waals surface area contributed by atoms with Gasteiger partial charge in [0.1, 0.15) is 0 Å². The molecular formula is C14H22ClN3O. The van der Waals surface area contributed by atoms with Crippen molar-refractivity contribution >= 4 is 28.9 Å². The Kier molecular flexibility index (Phi) is 6.12. The third kappa shape index (κ3) is 5.09. The molecule has 0 atom stereocenters. The van der Waals surface area contributed by atoms with Crippen LogP contribution in [0.2, 0.25) is 5.02 Å². The number of amides is 1. The van der Waals surface area contributed by atoms with Gasteiger partial charge in [-0.05, 0) is 38.6 Å². The van der Waals surface area contributed by atoms with E-state index in [4.69, 9.17) is 17.3 Å². The SMILES string of the molecule is CCN(CCC(=O)Nc1ccc(Cl)cc1N)C(C)C. The lowest BCUT2D eigenvalue weighted by Crippen LogP contribution is -2.33. The number of nitrogens with two attached hydrogens (primary N) is 1. The van der Waals surface area contributed by atoms with Gasteiger partial charge in [0.2, 0.25) is 5.91 Å². The fourth-order valence-corrected chi connectivity index (χ4v) is 2.07. The summed E-state index contributed by atoms with van der Waals surface area (Å²) < 4.78 is 0. The maximum absolute atomic E-state index is 11.9. The summed E-state index contributed by atoms with van der Waals surface area (Å²) in [7, 11) is 0. The molecule has 0 saturated heterocycles. The number of nitrogens with one attached hydrogen (secondary N) is 1. The van der Waals surface area contributed by atoms with Crippen LogP contribution in [0.1, 0.15) is 27.2 Å². The number of hydrogen-bond donors (Lipinski definition) is 2. The molecule has 1 aromatic carbocycles. The van der Waals surface area contributed by atoms with Gasteiger partial charge >= 0.3 is 0 Å². The van der Waals surface area contributed by atoms with Crippen LogP contribution in [-0.4, -0.2) is 29.9 Å². The minimum Gasteiger partial charge on any atom is -0.397 e. The van der Waals surface area contributed by atoms with Crippen LogP contribution in [0.3, 0.4) is 0 Å². The van der Waals surface area contributed by atoms with Crippen LogP contribution in [-0.2, 0) is 4.79 Å². The Balaban J connectivity index is 2.51. The quantitative estimate of drug-likeness (QED) is 0.789. The van der Waals surface area contributed by atoms with Crippen molar-refractivity contribution in [3.05, 3.63) is 23.2 Å². The van der Waals surface area contributed by atoms with Crippen molar-refractivity contribution < 1.29 is 4.79 Å². The van der Waals surface area contributed by atoms with E-state index in [2.05, 4.69) is 31.0 Å². The highest BCUT2D eigenvalue weighted by atomic mass is 35.5. The minimum absolute atomic E-state index is 0.0341. The molecule has 0 aliphatic carbocycles. The maximum atomic E-state index is 11.9. The highest BCUT2D eigenvalue weighted by Crippen LogP contribution is 2.22. The zero-order valence-corrected chi connectivity index (χ0v) is 12.5. The number of benzene rings is 1. The molecule has 1 amide bonds. The highest BCUT2D eigenvalue weighted by Gasteiger charge is 2.10. The Bertz CT molecular complexity index is 435. The Morgan fingerprint density at radius 2 is 2.16 bits per heavy atom. The van der Waals surface area contributed by atoms with Crippen LogP contribution >= 0.6 is 11.6 Å². The summed E-state index contributed by atoms with van der Waals surface area (Å²) in [5, 5.41) is 3.37. The first-order valence-electron chi connectivity index (χ1n) is 6.53. The van der Waals surface area contributed by atoms with E-state index in [0.29, 0.717) is 28.9 Å². The number of rotatable bonds is 6. The van der Waals surface area contributed by atoms with E-state index < -0.39 is 0 Å². The molecule has 106 valence electrons. The second kappa shape index (κ2) is 7.36. The molecule has 0 aliphatic rings. The van der Waals surface area contributed by atoms with E-state index in [9.17, 15) is 4.79 Å². The van der Waals surface area contributed by atoms with Crippen LogP contribution in [0.15, 0.2) is 18.2 Å². The molecule has 1 aromatic rings. The normalized spacial score (nSPS) is 11.1. The van der Waals surface area contributed by atoms with E-state index in [-0.39, 0.29) is 5.91 Å². The van der Waals surface area contributed by atoms with E-state index in [1.807, 2.05) is 0 Å². The zero-order chi connectivity index (χ0) is 14.4. The largest absolute Gasteiger partial charge is 0.397 e. The number of nitrogens with zero attached hydrogens (tertiary/aromatic N) is 1. The van der Waals surface area contributed by atoms with Gasteiger partial charge in [0.15, 0.2) is 0 Å². The Morgan fingerprint density at radius 1 is 1.47 bits per heavy atom. The summed E-state index contributed by atoms with van der Waals surface area (Å²) in [6.07, 6.45) is 0.452. The molecule has 0 unspecified atom stereocenters. The van der Waals surface area contributed by atoms with Crippen LogP contribution < -0.4 is 11.1 Å². The fraction of sp³-hybridized carbons (Fsp3) is 0.500. The van der Waals surface area contributed by atoms with E-state index in [1.165, 1.54) is 0 Å². The topological polar surface area (TPSA) is 58.4 Å². The van der Waals surface area contributed by atoms with E-state index >= 15 is 0 Å². The molecule has 0 heterocycles. The molecule has 0 aromatic heterocycles. The first-order valence-corrected chi connectivity index (χ1v) is 6.90. The summed E-state index contributed by atoms with van der Waals surface area (Å²) in [5.41, 5.74) is 6.89. The van der Waals surface area contributed by atoms with Crippen LogP contribution in [0.25, 0.3) is 0 Å². The molecule has 5 heteroatoms. The number of hydrogen-bond acceptors (Lipinski definition) is 3. The van der Waals surface area contributed by atoms with Crippen molar-refractivity contribution in [2.45, 2.75) is 33.2 Å². The summed E-state index contributed by atoms with van der Waals surface area (Å²) in [4.78, 5) is 14.1. The summed E-state index contributed by atoms with van der Waals surface area (Å²) in [6.45, 7) is 8.02. The molecule has 0 radical (unpaired) electrons. The van der Waals surface area contributed by atoms with Gasteiger partial charge in [-0.15, -0.1) is 0 Å². The van der Waals surface area contributed by atoms with E-state index in [1.54, 1.807) is 18.2 Å². The third-order valence-electron chi connectivity index (χ3n) is 3.05. The molecule has 0 saturated carbocycles. The molecule has 0 bridgehead atoms. The molecule has 0 fully saturated rings. The second-order valence-electron chi connectivity index (χ2n) is 4.75. The predicted molar refractivity (Wildman–Crippen MR) is 81.5 cm³/mol. The number of carbonyl (C=O) groups is 1. The average Bonchev–Trinajstić information content (AvgIpc) is 2.33. The zero-order valence-electron chi connectivity index (χ0n) is 11.7. The van der Waals surface area contributed by atoms with Gasteiger partial charge in [0.25, 0.3) is 0 Å². The summed E-state index contributed by atoms with van der Waals surface area (Å²) >= 11 is 5.81. The lowest BCUT2D eigenvalue weighted by Gasteiger charge is -2.24. The van der Waals surface area contributed by atoms with Crippen molar-refractivity contribution in [1.82, 2.24) is 4.90 Å². The van der Waals surface area contributed by atoms with Crippen molar-refractivity contribution in [3.8, 4) is 0 Å². The Morgan fingerprint density at radius 3 is 2.68 bits per heavy atom. The van der Waals surface area contributed by atoms with Gasteiger partial charge in [-0.1, -0.05) is 18.5 Å². The highest BCUT2D eigenvalue weighted by molar-refractivity contribution is 6.31. The number of halogens is 1. The van der Waals surface area contributed by atoms with Gasteiger partial charge in [-0.3, -0.25) is 4.79 Å². The minimum atomic E-state index is -0.0341. The van der Waals surface area contributed by atoms with Crippen molar-refractivity contribution in [1.29, 1.82) is 0 Å². The third-order valence-corrected chi connectivity index (χ3v) is 3.29. The maximum Gasteiger partial charge on any atom is 0.225 e. The molecule has 19 heavy (non-hydrogen) atoms. The number of carbonyl (C=O) groups excluding carboxylic acids is 1. The standard InChI is InChI=1S/C14H22ClN3O/c1-4-18(10(2)3)8-7-14(19)17-13-6-5-11(15)9-12(13)16/h5-6,9-10H,4,7-8,16H2,1-3H3,(H,17,19). The van der Waals surface area contributed by atoms with Gasteiger partial charge in [-0.2, -0.15) is 0 Å². The second-order valence-corrected chi connectivity index (χ2v) is 5.19. The molecule has 3 N–H and O–H groups in total.